The molecule has 1 heterocycles. The van der Waals surface area contributed by atoms with E-state index in [2.05, 4.69) is 22.8 Å². The normalized spacial score (nSPS) is 36.0. The Hall–Kier alpha value is -2.28. The minimum atomic E-state index is -1.81. The van der Waals surface area contributed by atoms with Gasteiger partial charge in [-0.3, -0.25) is 9.69 Å². The monoisotopic (exact) mass is 637 g/mol. The molecule has 11 heteroatoms. The molecule has 0 radical (unpaired) electrons. The molecule has 7 N–H and O–H groups in total. The van der Waals surface area contributed by atoms with E-state index in [0.29, 0.717) is 32.6 Å². The maximum atomic E-state index is 13.0. The van der Waals surface area contributed by atoms with Crippen molar-refractivity contribution < 1.29 is 39.9 Å². The Kier molecular flexibility index (Phi) is 15.2. The molecule has 2 rings (SSSR count). The first kappa shape index (κ1) is 38.9. The summed E-state index contributed by atoms with van der Waals surface area (Å²) in [6.07, 6.45) is -2.37. The Morgan fingerprint density at radius 3 is 2.18 bits per heavy atom. The summed E-state index contributed by atoms with van der Waals surface area (Å²) in [6, 6.07) is 9.23. The summed E-state index contributed by atoms with van der Waals surface area (Å²) in [5, 5.41) is 62.0. The fraction of sp³-hybridized carbons (Fsp3) is 0.765. The predicted molar refractivity (Wildman–Crippen MR) is 173 cm³/mol. The highest BCUT2D eigenvalue weighted by Crippen LogP contribution is 2.32. The maximum absolute atomic E-state index is 13.0. The Labute approximate surface area is 269 Å². The molecule has 1 aliphatic rings. The van der Waals surface area contributed by atoms with E-state index in [-0.39, 0.29) is 24.8 Å². The van der Waals surface area contributed by atoms with Crippen LogP contribution in [0.15, 0.2) is 30.3 Å². The fourth-order valence-electron chi connectivity index (χ4n) is 6.53. The van der Waals surface area contributed by atoms with Crippen LogP contribution in [-0.2, 0) is 16.0 Å². The zero-order chi connectivity index (χ0) is 33.9. The third kappa shape index (κ3) is 11.2. The molecule has 0 saturated carbocycles. The van der Waals surface area contributed by atoms with E-state index in [0.717, 1.165) is 12.8 Å². The van der Waals surface area contributed by atoms with Crippen molar-refractivity contribution in [3.63, 3.8) is 0 Å². The molecule has 1 aliphatic heterocycles. The number of esters is 1. The van der Waals surface area contributed by atoms with E-state index in [1.807, 2.05) is 30.0 Å². The van der Waals surface area contributed by atoms with Crippen LogP contribution in [0.1, 0.15) is 79.7 Å². The molecule has 2 amide bonds. The highest BCUT2D eigenvalue weighted by molar-refractivity contribution is 5.73. The molecule has 1 saturated heterocycles. The molecule has 1 aromatic carbocycles. The number of hydrogen-bond donors (Lipinski definition) is 7. The van der Waals surface area contributed by atoms with Crippen molar-refractivity contribution in [1.82, 2.24) is 15.5 Å². The van der Waals surface area contributed by atoms with Crippen LogP contribution in [0, 0.1) is 17.8 Å². The van der Waals surface area contributed by atoms with Crippen molar-refractivity contribution >= 4 is 12.0 Å². The second kappa shape index (κ2) is 17.6. The molecule has 0 aliphatic carbocycles. The van der Waals surface area contributed by atoms with Gasteiger partial charge in [-0.1, -0.05) is 51.1 Å². The predicted octanol–water partition coefficient (Wildman–Crippen LogP) is 2.22. The molecule has 1 aromatic rings. The number of amides is 2. The molecule has 1 fully saturated rings. The van der Waals surface area contributed by atoms with Gasteiger partial charge in [-0.15, -0.1) is 0 Å². The number of carbonyl (C=O) groups is 2. The summed E-state index contributed by atoms with van der Waals surface area (Å²) in [7, 11) is 0. The quantitative estimate of drug-likeness (QED) is 0.158. The van der Waals surface area contributed by atoms with E-state index >= 15 is 0 Å². The van der Waals surface area contributed by atoms with Crippen LogP contribution in [-0.4, -0.2) is 110 Å². The molecular weight excluding hydrogens is 578 g/mol. The van der Waals surface area contributed by atoms with Crippen molar-refractivity contribution in [1.29, 1.82) is 0 Å². The molecule has 0 spiro atoms. The summed E-state index contributed by atoms with van der Waals surface area (Å²) in [6.45, 7) is 13.3. The molecule has 10 atom stereocenters. The van der Waals surface area contributed by atoms with Crippen LogP contribution in [0.2, 0.25) is 0 Å². The van der Waals surface area contributed by atoms with Gasteiger partial charge in [0.05, 0.1) is 23.7 Å². The van der Waals surface area contributed by atoms with Crippen LogP contribution in [0.3, 0.4) is 0 Å². The third-order valence-corrected chi connectivity index (χ3v) is 9.46. The SMILES string of the molecule is CC[C@H]1OC(=O)[C@H](C)[C@@H](O)[C@H](C)[C@@H](O)[C@](C)(O)C[C@@H](C)CN(CCCNC(=O)NCCCc2ccccc2)[C@H](C)[C@@H](O)[C@]1(C)O. The van der Waals surface area contributed by atoms with Crippen LogP contribution in [0.4, 0.5) is 4.79 Å². The van der Waals surface area contributed by atoms with Crippen LogP contribution < -0.4 is 10.6 Å². The topological polar surface area (TPSA) is 172 Å². The number of carbonyl (C=O) groups excluding carboxylic acids is 2. The average molecular weight is 638 g/mol. The van der Waals surface area contributed by atoms with Crippen molar-refractivity contribution in [2.75, 3.05) is 26.2 Å². The number of cyclic esters (lactones) is 1. The van der Waals surface area contributed by atoms with Crippen LogP contribution >= 0.6 is 0 Å². The number of nitrogens with zero attached hydrogens (tertiary/aromatic N) is 1. The van der Waals surface area contributed by atoms with E-state index in [1.165, 1.54) is 26.3 Å². The van der Waals surface area contributed by atoms with Crippen molar-refractivity contribution in [2.45, 2.75) is 122 Å². The maximum Gasteiger partial charge on any atom is 0.314 e. The Morgan fingerprint density at radius 2 is 1.58 bits per heavy atom. The number of aryl methyl sites for hydroxylation is 1. The zero-order valence-corrected chi connectivity index (χ0v) is 28.3. The van der Waals surface area contributed by atoms with Gasteiger partial charge in [0, 0.05) is 38.1 Å². The number of ether oxygens (including phenoxy) is 1. The Morgan fingerprint density at radius 1 is 0.978 bits per heavy atom. The average Bonchev–Trinajstić information content (AvgIpc) is 3.00. The van der Waals surface area contributed by atoms with Gasteiger partial charge in [-0.25, -0.2) is 4.79 Å². The van der Waals surface area contributed by atoms with Crippen molar-refractivity contribution in [3.05, 3.63) is 35.9 Å². The molecule has 45 heavy (non-hydrogen) atoms. The molecular formula is C34H59N3O8. The molecule has 0 bridgehead atoms. The summed E-state index contributed by atoms with van der Waals surface area (Å²) < 4.78 is 5.65. The van der Waals surface area contributed by atoms with Gasteiger partial charge >= 0.3 is 12.0 Å². The van der Waals surface area contributed by atoms with Crippen molar-refractivity contribution in [3.8, 4) is 0 Å². The molecule has 0 aromatic heterocycles. The second-order valence-electron chi connectivity index (χ2n) is 13.6. The number of urea groups is 1. The lowest BCUT2D eigenvalue weighted by molar-refractivity contribution is -0.193. The highest BCUT2D eigenvalue weighted by Gasteiger charge is 2.47. The zero-order valence-electron chi connectivity index (χ0n) is 28.3. The molecule has 11 nitrogen and oxygen atoms in total. The lowest BCUT2D eigenvalue weighted by Gasteiger charge is -2.43. The van der Waals surface area contributed by atoms with E-state index in [9.17, 15) is 35.1 Å². The van der Waals surface area contributed by atoms with Gasteiger partial charge in [0.25, 0.3) is 0 Å². The van der Waals surface area contributed by atoms with Gasteiger partial charge in [0.1, 0.15) is 17.8 Å². The van der Waals surface area contributed by atoms with Gasteiger partial charge < -0.3 is 40.9 Å². The standard InChI is InChI=1S/C34H59N3O8/c1-8-27-34(7,44)30(40)25(5)37(19-13-18-36-32(42)35-17-12-16-26-14-10-9-11-15-26)21-22(2)20-33(6,43)29(39)23(3)28(38)24(4)31(41)45-27/h9-11,14-15,22-25,27-30,38-40,43-44H,8,12-13,16-21H2,1-7H3,(H2,35,36,42)/t22-,23+,24-,25-,27-,28+,29-,30-,33-,34-/m1/s1. The number of nitrogens with one attached hydrogen (secondary N) is 2. The first-order valence-electron chi connectivity index (χ1n) is 16.5. The van der Waals surface area contributed by atoms with Gasteiger partial charge in [0.15, 0.2) is 0 Å². The van der Waals surface area contributed by atoms with E-state index in [1.54, 1.807) is 20.8 Å². The minimum absolute atomic E-state index is 0.165. The number of hydrogen-bond acceptors (Lipinski definition) is 9. The van der Waals surface area contributed by atoms with Crippen LogP contribution in [0.25, 0.3) is 0 Å². The summed E-state index contributed by atoms with van der Waals surface area (Å²) in [5.74, 6) is -2.83. The second-order valence-corrected chi connectivity index (χ2v) is 13.6. The van der Waals surface area contributed by atoms with Crippen LogP contribution in [0.5, 0.6) is 0 Å². The summed E-state index contributed by atoms with van der Waals surface area (Å²) >= 11 is 0. The number of aliphatic hydroxyl groups excluding tert-OH is 3. The Balaban J connectivity index is 2.13. The van der Waals surface area contributed by atoms with Gasteiger partial charge in [-0.05, 0) is 71.3 Å². The largest absolute Gasteiger partial charge is 0.459 e. The first-order chi connectivity index (χ1) is 21.0. The Bertz CT molecular complexity index is 1040. The van der Waals surface area contributed by atoms with E-state index in [4.69, 9.17) is 4.74 Å². The van der Waals surface area contributed by atoms with Crippen molar-refractivity contribution in [2.24, 2.45) is 17.8 Å². The molecule has 258 valence electrons. The number of aliphatic hydroxyl groups is 5. The lowest BCUT2D eigenvalue weighted by atomic mass is 9.78. The summed E-state index contributed by atoms with van der Waals surface area (Å²) in [4.78, 5) is 27.4. The van der Waals surface area contributed by atoms with E-state index < -0.39 is 59.5 Å². The van der Waals surface area contributed by atoms with Gasteiger partial charge in [-0.2, -0.15) is 0 Å². The minimum Gasteiger partial charge on any atom is -0.459 e. The fourth-order valence-corrected chi connectivity index (χ4v) is 6.53. The lowest BCUT2D eigenvalue weighted by Crippen LogP contribution is -2.59. The van der Waals surface area contributed by atoms with Gasteiger partial charge in [0.2, 0.25) is 0 Å². The molecule has 0 unspecified atom stereocenters. The first-order valence-corrected chi connectivity index (χ1v) is 16.5. The number of benzene rings is 1. The smallest absolute Gasteiger partial charge is 0.314 e. The number of rotatable bonds is 9. The summed E-state index contributed by atoms with van der Waals surface area (Å²) in [5.41, 5.74) is -2.17. The highest BCUT2D eigenvalue weighted by atomic mass is 16.6. The third-order valence-electron chi connectivity index (χ3n) is 9.46.